The van der Waals surface area contributed by atoms with Crippen molar-refractivity contribution in [3.8, 4) is 17.1 Å². The molecule has 3 rings (SSSR count). The number of hydrogen-bond acceptors (Lipinski definition) is 5. The molecule has 2 aromatic carbocycles. The molecular formula is C23H28N4O2S. The van der Waals surface area contributed by atoms with Crippen LogP contribution in [0, 0.1) is 13.8 Å². The van der Waals surface area contributed by atoms with E-state index >= 15 is 0 Å². The molecule has 158 valence electrons. The quantitative estimate of drug-likeness (QED) is 0.537. The number of carbonyl (C=O) groups excluding carboxylic acids is 1. The lowest BCUT2D eigenvalue weighted by Crippen LogP contribution is -2.28. The summed E-state index contributed by atoms with van der Waals surface area (Å²) in [5.41, 5.74) is 4.55. The maximum atomic E-state index is 12.5. The molecule has 0 bridgehead atoms. The highest BCUT2D eigenvalue weighted by molar-refractivity contribution is 7.99. The summed E-state index contributed by atoms with van der Waals surface area (Å²) in [5.74, 6) is 1.84. The average molecular weight is 425 g/mol. The molecule has 1 amide bonds. The summed E-state index contributed by atoms with van der Waals surface area (Å²) in [5, 5.41) is 12.4. The largest absolute Gasteiger partial charge is 0.497 e. The van der Waals surface area contributed by atoms with Crippen molar-refractivity contribution >= 4 is 17.7 Å². The standard InChI is InChI=1S/C23H28N4O2S/c1-6-27-22(18-9-11-20(29-5)12-10-18)25-26-23(27)30-14-21(28)24-17(4)19-8-7-15(2)16(3)13-19/h7-13,17H,6,14H2,1-5H3,(H,24,28)/t17-/m0/s1. The van der Waals surface area contributed by atoms with Gasteiger partial charge in [0.05, 0.1) is 18.9 Å². The molecule has 0 unspecified atom stereocenters. The number of aryl methyl sites for hydroxylation is 2. The predicted octanol–water partition coefficient (Wildman–Crippen LogP) is 4.56. The lowest BCUT2D eigenvalue weighted by atomic mass is 10.0. The Balaban J connectivity index is 1.64. The van der Waals surface area contributed by atoms with Crippen molar-refractivity contribution in [3.63, 3.8) is 0 Å². The van der Waals surface area contributed by atoms with Gasteiger partial charge in [0, 0.05) is 12.1 Å². The molecule has 0 saturated heterocycles. The Morgan fingerprint density at radius 1 is 1.13 bits per heavy atom. The first-order valence-electron chi connectivity index (χ1n) is 9.99. The normalized spacial score (nSPS) is 11.9. The molecule has 0 aliphatic carbocycles. The van der Waals surface area contributed by atoms with E-state index in [-0.39, 0.29) is 17.7 Å². The van der Waals surface area contributed by atoms with E-state index < -0.39 is 0 Å². The number of ether oxygens (including phenoxy) is 1. The van der Waals surface area contributed by atoms with Gasteiger partial charge >= 0.3 is 0 Å². The average Bonchev–Trinajstić information content (AvgIpc) is 3.17. The first kappa shape index (κ1) is 21.9. The van der Waals surface area contributed by atoms with E-state index in [1.165, 1.54) is 22.9 Å². The Labute approximate surface area is 182 Å². The molecule has 6 nitrogen and oxygen atoms in total. The van der Waals surface area contributed by atoms with Crippen LogP contribution in [0.1, 0.15) is 36.6 Å². The minimum absolute atomic E-state index is 0.0256. The Morgan fingerprint density at radius 2 is 1.87 bits per heavy atom. The van der Waals surface area contributed by atoms with Gasteiger partial charge in [0.15, 0.2) is 11.0 Å². The van der Waals surface area contributed by atoms with Gasteiger partial charge in [0.2, 0.25) is 5.91 Å². The number of nitrogens with zero attached hydrogens (tertiary/aromatic N) is 3. The van der Waals surface area contributed by atoms with Crippen molar-refractivity contribution in [2.45, 2.75) is 45.4 Å². The van der Waals surface area contributed by atoms with Gasteiger partial charge in [0.1, 0.15) is 5.75 Å². The van der Waals surface area contributed by atoms with Crippen LogP contribution in [0.4, 0.5) is 0 Å². The smallest absolute Gasteiger partial charge is 0.230 e. The summed E-state index contributed by atoms with van der Waals surface area (Å²) in [6, 6.07) is 14.0. The van der Waals surface area contributed by atoms with Crippen LogP contribution in [0.25, 0.3) is 11.4 Å². The molecule has 30 heavy (non-hydrogen) atoms. The van der Waals surface area contributed by atoms with Crippen molar-refractivity contribution in [2.24, 2.45) is 0 Å². The van der Waals surface area contributed by atoms with Crippen LogP contribution in [0.3, 0.4) is 0 Å². The zero-order chi connectivity index (χ0) is 21.7. The van der Waals surface area contributed by atoms with Gasteiger partial charge in [0.25, 0.3) is 0 Å². The van der Waals surface area contributed by atoms with E-state index in [1.807, 2.05) is 42.7 Å². The molecule has 1 heterocycles. The molecule has 3 aromatic rings. The van der Waals surface area contributed by atoms with Gasteiger partial charge in [-0.25, -0.2) is 0 Å². The summed E-state index contributed by atoms with van der Waals surface area (Å²) in [4.78, 5) is 12.5. The van der Waals surface area contributed by atoms with Crippen LogP contribution >= 0.6 is 11.8 Å². The Hall–Kier alpha value is -2.80. The van der Waals surface area contributed by atoms with E-state index in [9.17, 15) is 4.79 Å². The van der Waals surface area contributed by atoms with Crippen LogP contribution in [-0.4, -0.2) is 33.5 Å². The summed E-state index contributed by atoms with van der Waals surface area (Å²) >= 11 is 1.40. The fourth-order valence-electron chi connectivity index (χ4n) is 3.16. The Morgan fingerprint density at radius 3 is 2.50 bits per heavy atom. The molecule has 0 spiro atoms. The molecule has 1 aromatic heterocycles. The number of carbonyl (C=O) groups is 1. The fourth-order valence-corrected chi connectivity index (χ4v) is 3.98. The summed E-state index contributed by atoms with van der Waals surface area (Å²) in [7, 11) is 1.64. The van der Waals surface area contributed by atoms with Gasteiger partial charge < -0.3 is 14.6 Å². The van der Waals surface area contributed by atoms with Crippen molar-refractivity contribution in [3.05, 3.63) is 59.2 Å². The first-order valence-corrected chi connectivity index (χ1v) is 11.0. The third-order valence-corrected chi connectivity index (χ3v) is 6.09. The van der Waals surface area contributed by atoms with Gasteiger partial charge in [-0.15, -0.1) is 10.2 Å². The van der Waals surface area contributed by atoms with Crippen molar-refractivity contribution in [1.82, 2.24) is 20.1 Å². The molecule has 0 aliphatic heterocycles. The number of rotatable bonds is 8. The van der Waals surface area contributed by atoms with E-state index in [0.29, 0.717) is 0 Å². The molecule has 1 atom stereocenters. The van der Waals surface area contributed by atoms with Gasteiger partial charge in [-0.2, -0.15) is 0 Å². The summed E-state index contributed by atoms with van der Waals surface area (Å²) < 4.78 is 7.24. The van der Waals surface area contributed by atoms with Crippen LogP contribution in [0.15, 0.2) is 47.6 Å². The lowest BCUT2D eigenvalue weighted by molar-refractivity contribution is -0.119. The molecular weight excluding hydrogens is 396 g/mol. The maximum Gasteiger partial charge on any atom is 0.230 e. The predicted molar refractivity (Wildman–Crippen MR) is 121 cm³/mol. The number of methoxy groups -OCH3 is 1. The molecule has 0 fully saturated rings. The summed E-state index contributed by atoms with van der Waals surface area (Å²) in [6.07, 6.45) is 0. The zero-order valence-corrected chi connectivity index (χ0v) is 18.9. The Kier molecular flexibility index (Phi) is 7.15. The molecule has 0 aliphatic rings. The second-order valence-corrected chi connectivity index (χ2v) is 8.14. The molecule has 0 saturated carbocycles. The van der Waals surface area contributed by atoms with E-state index in [1.54, 1.807) is 7.11 Å². The van der Waals surface area contributed by atoms with Crippen molar-refractivity contribution < 1.29 is 9.53 Å². The summed E-state index contributed by atoms with van der Waals surface area (Å²) in [6.45, 7) is 8.94. The van der Waals surface area contributed by atoms with Crippen molar-refractivity contribution in [1.29, 1.82) is 0 Å². The van der Waals surface area contributed by atoms with Crippen LogP contribution in [-0.2, 0) is 11.3 Å². The lowest BCUT2D eigenvalue weighted by Gasteiger charge is -2.15. The third-order valence-electron chi connectivity index (χ3n) is 5.12. The van der Waals surface area contributed by atoms with Gasteiger partial charge in [-0.1, -0.05) is 30.0 Å². The minimum Gasteiger partial charge on any atom is -0.497 e. The third kappa shape index (κ3) is 5.02. The second-order valence-electron chi connectivity index (χ2n) is 7.20. The highest BCUT2D eigenvalue weighted by Gasteiger charge is 2.16. The maximum absolute atomic E-state index is 12.5. The monoisotopic (exact) mass is 424 g/mol. The fraction of sp³-hybridized carbons (Fsp3) is 0.348. The van der Waals surface area contributed by atoms with Gasteiger partial charge in [-0.3, -0.25) is 4.79 Å². The molecule has 1 N–H and O–H groups in total. The van der Waals surface area contributed by atoms with E-state index in [0.717, 1.165) is 34.4 Å². The number of nitrogens with one attached hydrogen (secondary N) is 1. The zero-order valence-electron chi connectivity index (χ0n) is 18.1. The highest BCUT2D eigenvalue weighted by Crippen LogP contribution is 2.25. The number of benzene rings is 2. The highest BCUT2D eigenvalue weighted by atomic mass is 32.2. The molecule has 7 heteroatoms. The van der Waals surface area contributed by atoms with Crippen LogP contribution in [0.5, 0.6) is 5.75 Å². The number of hydrogen-bond donors (Lipinski definition) is 1. The van der Waals surface area contributed by atoms with E-state index in [2.05, 4.69) is 47.6 Å². The number of aromatic nitrogens is 3. The Bertz CT molecular complexity index is 1010. The topological polar surface area (TPSA) is 69.0 Å². The molecule has 0 radical (unpaired) electrons. The van der Waals surface area contributed by atoms with Crippen molar-refractivity contribution in [2.75, 3.05) is 12.9 Å². The SMILES string of the molecule is CCn1c(SCC(=O)N[C@@H](C)c2ccc(C)c(C)c2)nnc1-c1ccc(OC)cc1. The van der Waals surface area contributed by atoms with Gasteiger partial charge in [-0.05, 0) is 68.7 Å². The first-order chi connectivity index (χ1) is 14.4. The van der Waals surface area contributed by atoms with Crippen LogP contribution < -0.4 is 10.1 Å². The van der Waals surface area contributed by atoms with E-state index in [4.69, 9.17) is 4.74 Å². The number of thioether (sulfide) groups is 1. The minimum atomic E-state index is -0.0451. The number of amides is 1. The van der Waals surface area contributed by atoms with Crippen LogP contribution in [0.2, 0.25) is 0 Å². The second kappa shape index (κ2) is 9.80.